The van der Waals surface area contributed by atoms with Crippen LogP contribution < -0.4 is 5.32 Å². The number of benzene rings is 1. The number of rotatable bonds is 5. The molecule has 0 saturated heterocycles. The molecule has 0 amide bonds. The second-order valence-corrected chi connectivity index (χ2v) is 4.34. The van der Waals surface area contributed by atoms with E-state index >= 15 is 0 Å². The van der Waals surface area contributed by atoms with Gasteiger partial charge >= 0.3 is 0 Å². The second-order valence-electron chi connectivity index (χ2n) is 4.34. The number of hydrogen-bond donors (Lipinski definition) is 1. The molecule has 0 fully saturated rings. The minimum atomic E-state index is 0.862. The fraction of sp³-hybridized carbons (Fsp3) is 0.214. The molecule has 19 heavy (non-hydrogen) atoms. The van der Waals surface area contributed by atoms with Crippen LogP contribution in [-0.2, 0) is 6.54 Å². The molecule has 1 N–H and O–H groups in total. The van der Waals surface area contributed by atoms with Crippen molar-refractivity contribution in [3.05, 3.63) is 48.8 Å². The maximum atomic E-state index is 4.56. The van der Waals surface area contributed by atoms with Crippen LogP contribution in [0.4, 0.5) is 5.82 Å². The molecule has 96 valence electrons. The summed E-state index contributed by atoms with van der Waals surface area (Å²) in [6.45, 7) is 1.73. The van der Waals surface area contributed by atoms with Crippen molar-refractivity contribution in [3.8, 4) is 0 Å². The number of nitrogens with one attached hydrogen (secondary N) is 1. The molecule has 0 unspecified atom stereocenters. The van der Waals surface area contributed by atoms with Gasteiger partial charge < -0.3 is 5.32 Å². The zero-order chi connectivity index (χ0) is 12.9. The molecule has 3 rings (SSSR count). The number of nitrogens with zero attached hydrogens (tertiary/aromatic N) is 4. The van der Waals surface area contributed by atoms with E-state index in [-0.39, 0.29) is 0 Å². The van der Waals surface area contributed by atoms with Gasteiger partial charge in [-0.15, -0.1) is 5.10 Å². The van der Waals surface area contributed by atoms with Crippen molar-refractivity contribution >= 4 is 16.7 Å². The summed E-state index contributed by atoms with van der Waals surface area (Å²) in [7, 11) is 0. The van der Waals surface area contributed by atoms with Gasteiger partial charge in [0.2, 0.25) is 0 Å². The van der Waals surface area contributed by atoms with Gasteiger partial charge in [0.25, 0.3) is 0 Å². The highest BCUT2D eigenvalue weighted by Gasteiger charge is 1.97. The molecule has 0 radical (unpaired) electrons. The molecule has 5 nitrogen and oxygen atoms in total. The van der Waals surface area contributed by atoms with E-state index in [0.29, 0.717) is 0 Å². The van der Waals surface area contributed by atoms with Crippen molar-refractivity contribution in [1.29, 1.82) is 0 Å². The lowest BCUT2D eigenvalue weighted by Gasteiger charge is -2.06. The fourth-order valence-corrected chi connectivity index (χ4v) is 1.97. The first kappa shape index (κ1) is 11.6. The topological polar surface area (TPSA) is 55.6 Å². The quantitative estimate of drug-likeness (QED) is 0.709. The molecule has 0 atom stereocenters. The lowest BCUT2D eigenvalue weighted by molar-refractivity contribution is 0.569. The minimum absolute atomic E-state index is 0.862. The number of hydrogen-bond acceptors (Lipinski definition) is 4. The number of pyridine rings is 1. The van der Waals surface area contributed by atoms with Crippen molar-refractivity contribution in [1.82, 2.24) is 20.0 Å². The molecule has 0 aliphatic heterocycles. The minimum Gasteiger partial charge on any atom is -0.370 e. The summed E-state index contributed by atoms with van der Waals surface area (Å²) in [5, 5.41) is 12.2. The van der Waals surface area contributed by atoms with Gasteiger partial charge in [-0.25, -0.2) is 4.98 Å². The Kier molecular flexibility index (Phi) is 3.36. The molecule has 0 aliphatic rings. The van der Waals surface area contributed by atoms with E-state index in [1.54, 1.807) is 6.20 Å². The first-order valence-corrected chi connectivity index (χ1v) is 6.35. The summed E-state index contributed by atoms with van der Waals surface area (Å²) >= 11 is 0. The highest BCUT2D eigenvalue weighted by molar-refractivity contribution is 5.79. The van der Waals surface area contributed by atoms with Gasteiger partial charge in [-0.05, 0) is 24.6 Å². The van der Waals surface area contributed by atoms with Crippen LogP contribution in [0.25, 0.3) is 10.9 Å². The van der Waals surface area contributed by atoms with E-state index in [4.69, 9.17) is 0 Å². The van der Waals surface area contributed by atoms with Crippen molar-refractivity contribution in [2.75, 3.05) is 11.9 Å². The van der Waals surface area contributed by atoms with Crippen LogP contribution in [-0.4, -0.2) is 26.5 Å². The summed E-state index contributed by atoms with van der Waals surface area (Å²) in [4.78, 5) is 4.56. The van der Waals surface area contributed by atoms with Gasteiger partial charge in [0.05, 0.1) is 11.7 Å². The van der Waals surface area contributed by atoms with E-state index < -0.39 is 0 Å². The third-order valence-electron chi connectivity index (χ3n) is 2.94. The highest BCUT2D eigenvalue weighted by Crippen LogP contribution is 2.14. The van der Waals surface area contributed by atoms with Crippen molar-refractivity contribution < 1.29 is 0 Å². The lowest BCUT2D eigenvalue weighted by atomic mass is 10.2. The maximum absolute atomic E-state index is 4.56. The van der Waals surface area contributed by atoms with E-state index in [2.05, 4.69) is 32.7 Å². The Labute approximate surface area is 111 Å². The van der Waals surface area contributed by atoms with Gasteiger partial charge in [-0.1, -0.05) is 23.4 Å². The third kappa shape index (κ3) is 2.88. The van der Waals surface area contributed by atoms with Gasteiger partial charge in [-0.3, -0.25) is 4.68 Å². The van der Waals surface area contributed by atoms with Crippen molar-refractivity contribution in [2.45, 2.75) is 13.0 Å². The first-order valence-electron chi connectivity index (χ1n) is 6.35. The monoisotopic (exact) mass is 253 g/mol. The number of aromatic nitrogens is 4. The second kappa shape index (κ2) is 5.48. The summed E-state index contributed by atoms with van der Waals surface area (Å²) in [5.41, 5.74) is 1.02. The molecule has 5 heteroatoms. The Hall–Kier alpha value is -2.43. The standard InChI is InChI=1S/C14H15N5/c1-2-5-13-12(4-1)6-7-14(17-13)15-8-3-10-19-11-9-16-18-19/h1-2,4-7,9,11H,3,8,10H2,(H,15,17). The predicted octanol–water partition coefficient (Wildman–Crippen LogP) is 2.33. The van der Waals surface area contributed by atoms with Gasteiger partial charge in [0, 0.05) is 24.7 Å². The molecular formula is C14H15N5. The number of anilines is 1. The average molecular weight is 253 g/mol. The Morgan fingerprint density at radius 2 is 2.05 bits per heavy atom. The molecule has 0 aliphatic carbocycles. The normalized spacial score (nSPS) is 10.7. The molecule has 2 heterocycles. The SMILES string of the molecule is c1ccc2nc(NCCCn3ccnn3)ccc2c1. The van der Waals surface area contributed by atoms with E-state index in [0.717, 1.165) is 36.2 Å². The number of fused-ring (bicyclic) bond motifs is 1. The Morgan fingerprint density at radius 3 is 2.95 bits per heavy atom. The molecule has 1 aromatic carbocycles. The van der Waals surface area contributed by atoms with Crippen LogP contribution in [0.5, 0.6) is 0 Å². The largest absolute Gasteiger partial charge is 0.370 e. The average Bonchev–Trinajstić information content (AvgIpc) is 2.97. The van der Waals surface area contributed by atoms with Crippen LogP contribution in [0.2, 0.25) is 0 Å². The zero-order valence-corrected chi connectivity index (χ0v) is 10.5. The summed E-state index contributed by atoms with van der Waals surface area (Å²) in [6, 6.07) is 12.2. The molecule has 3 aromatic rings. The highest BCUT2D eigenvalue weighted by atomic mass is 15.4. The van der Waals surface area contributed by atoms with Crippen LogP contribution in [0.1, 0.15) is 6.42 Å². The van der Waals surface area contributed by atoms with Gasteiger partial charge in [0.1, 0.15) is 5.82 Å². The molecular weight excluding hydrogens is 238 g/mol. The Balaban J connectivity index is 1.56. The van der Waals surface area contributed by atoms with Crippen LogP contribution in [0.15, 0.2) is 48.8 Å². The molecule has 0 saturated carbocycles. The third-order valence-corrected chi connectivity index (χ3v) is 2.94. The van der Waals surface area contributed by atoms with Crippen LogP contribution in [0.3, 0.4) is 0 Å². The fourth-order valence-electron chi connectivity index (χ4n) is 1.97. The Bertz CT molecular complexity index is 648. The van der Waals surface area contributed by atoms with Crippen molar-refractivity contribution in [2.24, 2.45) is 0 Å². The molecule has 0 bridgehead atoms. The predicted molar refractivity (Wildman–Crippen MR) is 74.9 cm³/mol. The maximum Gasteiger partial charge on any atom is 0.126 e. The van der Waals surface area contributed by atoms with Gasteiger partial charge in [0.15, 0.2) is 0 Å². The van der Waals surface area contributed by atoms with Gasteiger partial charge in [-0.2, -0.15) is 0 Å². The van der Waals surface area contributed by atoms with Crippen molar-refractivity contribution in [3.63, 3.8) is 0 Å². The zero-order valence-electron chi connectivity index (χ0n) is 10.5. The summed E-state index contributed by atoms with van der Waals surface area (Å²) < 4.78 is 1.83. The Morgan fingerprint density at radius 1 is 1.11 bits per heavy atom. The van der Waals surface area contributed by atoms with E-state index in [9.17, 15) is 0 Å². The van der Waals surface area contributed by atoms with Crippen LogP contribution >= 0.6 is 0 Å². The first-order chi connectivity index (χ1) is 9.42. The number of para-hydroxylation sites is 1. The lowest BCUT2D eigenvalue weighted by Crippen LogP contribution is -2.08. The summed E-state index contributed by atoms with van der Waals surface area (Å²) in [6.07, 6.45) is 4.55. The van der Waals surface area contributed by atoms with E-state index in [1.165, 1.54) is 0 Å². The van der Waals surface area contributed by atoms with Crippen LogP contribution in [0, 0.1) is 0 Å². The number of aryl methyl sites for hydroxylation is 1. The van der Waals surface area contributed by atoms with E-state index in [1.807, 2.05) is 35.1 Å². The summed E-state index contributed by atoms with van der Waals surface area (Å²) in [5.74, 6) is 0.914. The molecule has 2 aromatic heterocycles. The molecule has 0 spiro atoms. The smallest absolute Gasteiger partial charge is 0.126 e.